The van der Waals surface area contributed by atoms with Crippen LogP contribution >= 0.6 is 0 Å². The summed E-state index contributed by atoms with van der Waals surface area (Å²) in [4.78, 5) is 30.3. The SMILES string of the molecule is Cc1cc(F)ccc1[C@H]1CN(C2CCN(C(N)=O)CC2)CC[C@@H]1C(=O)N(C)Cc1cc(C(F)(F)F)cc(C(F)(F)F)c1. The molecule has 230 valence electrons. The van der Waals surface area contributed by atoms with Crippen LogP contribution in [0.2, 0.25) is 0 Å². The standard InChI is InChI=1S/C29H33F7N4O2/c1-17-11-21(30)3-4-23(17)25-16-40(22-5-8-39(9-6-22)27(37)42)10-7-24(25)26(41)38(2)15-18-12-19(28(31,32)33)14-20(13-18)29(34,35)36/h3-4,11-14,22,24-25H,5-10,15-16H2,1-2H3,(H2,37,42)/t24-,25+/m0/s1. The van der Waals surface area contributed by atoms with Gasteiger partial charge in [0.2, 0.25) is 5.91 Å². The first-order valence-electron chi connectivity index (χ1n) is 13.6. The maximum atomic E-state index is 14.0. The Balaban J connectivity index is 1.58. The maximum Gasteiger partial charge on any atom is 0.416 e. The molecule has 2 aliphatic heterocycles. The van der Waals surface area contributed by atoms with Gasteiger partial charge in [0.05, 0.1) is 11.1 Å². The van der Waals surface area contributed by atoms with Crippen molar-refractivity contribution in [2.75, 3.05) is 33.2 Å². The van der Waals surface area contributed by atoms with Crippen LogP contribution in [0, 0.1) is 18.7 Å². The van der Waals surface area contributed by atoms with Gasteiger partial charge in [0.25, 0.3) is 0 Å². The largest absolute Gasteiger partial charge is 0.416 e. The van der Waals surface area contributed by atoms with E-state index in [0.717, 1.165) is 10.5 Å². The second-order valence-electron chi connectivity index (χ2n) is 11.2. The molecule has 4 rings (SSSR count). The summed E-state index contributed by atoms with van der Waals surface area (Å²) in [5, 5.41) is 0. The molecule has 6 nitrogen and oxygen atoms in total. The van der Waals surface area contributed by atoms with E-state index in [4.69, 9.17) is 5.73 Å². The number of carbonyl (C=O) groups excluding carboxylic acids is 2. The predicted octanol–water partition coefficient (Wildman–Crippen LogP) is 5.78. The number of carbonyl (C=O) groups is 2. The zero-order chi connectivity index (χ0) is 31.0. The van der Waals surface area contributed by atoms with Crippen molar-refractivity contribution >= 4 is 11.9 Å². The molecule has 0 aromatic heterocycles. The highest BCUT2D eigenvalue weighted by molar-refractivity contribution is 5.80. The Bertz CT molecular complexity index is 1270. The van der Waals surface area contributed by atoms with E-state index in [9.17, 15) is 40.3 Å². The molecule has 3 amide bonds. The van der Waals surface area contributed by atoms with E-state index in [0.29, 0.717) is 63.1 Å². The highest BCUT2D eigenvalue weighted by atomic mass is 19.4. The quantitative estimate of drug-likeness (QED) is 0.442. The molecule has 0 radical (unpaired) electrons. The Labute approximate surface area is 239 Å². The number of alkyl halides is 6. The van der Waals surface area contributed by atoms with Crippen molar-refractivity contribution in [3.8, 4) is 0 Å². The van der Waals surface area contributed by atoms with E-state index in [1.165, 1.54) is 19.2 Å². The van der Waals surface area contributed by atoms with E-state index < -0.39 is 59.6 Å². The predicted molar refractivity (Wildman–Crippen MR) is 141 cm³/mol. The molecule has 0 aliphatic carbocycles. The molecule has 0 saturated carbocycles. The first-order chi connectivity index (χ1) is 19.5. The van der Waals surface area contributed by atoms with Gasteiger partial charge in [-0.1, -0.05) is 6.07 Å². The first kappa shape index (κ1) is 31.6. The average molecular weight is 603 g/mol. The number of aryl methyl sites for hydroxylation is 1. The van der Waals surface area contributed by atoms with Crippen molar-refractivity contribution in [3.63, 3.8) is 0 Å². The van der Waals surface area contributed by atoms with Crippen molar-refractivity contribution in [2.24, 2.45) is 11.7 Å². The highest BCUT2D eigenvalue weighted by Crippen LogP contribution is 2.39. The van der Waals surface area contributed by atoms with Crippen molar-refractivity contribution in [1.82, 2.24) is 14.7 Å². The second kappa shape index (κ2) is 12.1. The Hall–Kier alpha value is -3.35. The number of nitrogens with zero attached hydrogens (tertiary/aromatic N) is 3. The highest BCUT2D eigenvalue weighted by Gasteiger charge is 2.41. The summed E-state index contributed by atoms with van der Waals surface area (Å²) in [7, 11) is 1.36. The van der Waals surface area contributed by atoms with Gasteiger partial charge in [-0.05, 0) is 79.8 Å². The number of benzene rings is 2. The van der Waals surface area contributed by atoms with Gasteiger partial charge in [-0.15, -0.1) is 0 Å². The lowest BCUT2D eigenvalue weighted by atomic mass is 9.77. The van der Waals surface area contributed by atoms with Crippen LogP contribution in [-0.4, -0.2) is 65.9 Å². The minimum Gasteiger partial charge on any atom is -0.351 e. The van der Waals surface area contributed by atoms with E-state index in [2.05, 4.69) is 4.90 Å². The number of hydrogen-bond donors (Lipinski definition) is 1. The zero-order valence-corrected chi connectivity index (χ0v) is 23.2. The molecule has 13 heteroatoms. The van der Waals surface area contributed by atoms with Crippen molar-refractivity contribution in [3.05, 3.63) is 70.0 Å². The minimum atomic E-state index is -5.00. The molecule has 2 atom stereocenters. The number of nitrogens with two attached hydrogens (primary N) is 1. The number of amides is 3. The van der Waals surface area contributed by atoms with Gasteiger partial charge >= 0.3 is 18.4 Å². The van der Waals surface area contributed by atoms with Crippen LogP contribution in [0.15, 0.2) is 36.4 Å². The van der Waals surface area contributed by atoms with Crippen molar-refractivity contribution in [2.45, 2.75) is 57.0 Å². The normalized spacial score (nSPS) is 20.9. The molecule has 2 fully saturated rings. The lowest BCUT2D eigenvalue weighted by Crippen LogP contribution is -2.53. The fourth-order valence-electron chi connectivity index (χ4n) is 6.17. The monoisotopic (exact) mass is 602 g/mol. The summed E-state index contributed by atoms with van der Waals surface area (Å²) in [6.45, 7) is 3.25. The van der Waals surface area contributed by atoms with E-state index in [1.807, 2.05) is 0 Å². The lowest BCUT2D eigenvalue weighted by molar-refractivity contribution is -0.143. The number of hydrogen-bond acceptors (Lipinski definition) is 3. The smallest absolute Gasteiger partial charge is 0.351 e. The summed E-state index contributed by atoms with van der Waals surface area (Å²) in [5.41, 5.74) is 3.62. The molecule has 2 aliphatic rings. The number of piperidine rings is 2. The van der Waals surface area contributed by atoms with Gasteiger partial charge < -0.3 is 15.5 Å². The number of urea groups is 1. The fraction of sp³-hybridized carbons (Fsp3) is 0.517. The zero-order valence-electron chi connectivity index (χ0n) is 23.2. The van der Waals surface area contributed by atoms with Crippen LogP contribution in [0.1, 0.15) is 53.0 Å². The Morgan fingerprint density at radius 1 is 0.929 bits per heavy atom. The van der Waals surface area contributed by atoms with E-state index in [-0.39, 0.29) is 17.7 Å². The minimum absolute atomic E-state index is 0.0578. The van der Waals surface area contributed by atoms with Crippen LogP contribution in [0.5, 0.6) is 0 Å². The molecule has 2 aromatic carbocycles. The Kier molecular flexibility index (Phi) is 9.10. The molecular weight excluding hydrogens is 569 g/mol. The third kappa shape index (κ3) is 7.16. The van der Waals surface area contributed by atoms with Gasteiger partial charge in [-0.2, -0.15) is 26.3 Å². The Morgan fingerprint density at radius 2 is 1.52 bits per heavy atom. The third-order valence-electron chi connectivity index (χ3n) is 8.33. The van der Waals surface area contributed by atoms with Crippen LogP contribution < -0.4 is 5.73 Å². The number of rotatable bonds is 5. The van der Waals surface area contributed by atoms with Crippen LogP contribution in [-0.2, 0) is 23.7 Å². The number of primary amides is 1. The maximum absolute atomic E-state index is 14.0. The van der Waals surface area contributed by atoms with E-state index >= 15 is 0 Å². The van der Waals surface area contributed by atoms with Gasteiger partial charge in [0.15, 0.2) is 0 Å². The summed E-state index contributed by atoms with van der Waals surface area (Å²) >= 11 is 0. The fourth-order valence-corrected chi connectivity index (χ4v) is 6.17. The van der Waals surface area contributed by atoms with Crippen LogP contribution in [0.4, 0.5) is 35.5 Å². The van der Waals surface area contributed by atoms with Gasteiger partial charge in [0, 0.05) is 51.1 Å². The van der Waals surface area contributed by atoms with Gasteiger partial charge in [-0.3, -0.25) is 9.69 Å². The summed E-state index contributed by atoms with van der Waals surface area (Å²) in [6, 6.07) is 5.25. The molecule has 2 aromatic rings. The lowest BCUT2D eigenvalue weighted by Gasteiger charge is -2.45. The topological polar surface area (TPSA) is 69.9 Å². The molecule has 2 saturated heterocycles. The number of halogens is 7. The van der Waals surface area contributed by atoms with E-state index in [1.54, 1.807) is 17.9 Å². The molecule has 0 bridgehead atoms. The number of likely N-dealkylation sites (tertiary alicyclic amines) is 2. The second-order valence-corrected chi connectivity index (χ2v) is 11.2. The van der Waals surface area contributed by atoms with Crippen LogP contribution in [0.3, 0.4) is 0 Å². The first-order valence-corrected chi connectivity index (χ1v) is 13.6. The summed E-state index contributed by atoms with van der Waals surface area (Å²) < 4.78 is 94.2. The molecule has 2 heterocycles. The molecule has 42 heavy (non-hydrogen) atoms. The average Bonchev–Trinajstić information content (AvgIpc) is 2.91. The third-order valence-corrected chi connectivity index (χ3v) is 8.33. The molecular formula is C29H33F7N4O2. The van der Waals surface area contributed by atoms with Gasteiger partial charge in [0.1, 0.15) is 5.82 Å². The summed E-state index contributed by atoms with van der Waals surface area (Å²) in [5.74, 6) is -1.88. The molecule has 0 spiro atoms. The summed E-state index contributed by atoms with van der Waals surface area (Å²) in [6.07, 6.45) is -8.23. The van der Waals surface area contributed by atoms with Gasteiger partial charge in [-0.25, -0.2) is 9.18 Å². The molecule has 2 N–H and O–H groups in total. The van der Waals surface area contributed by atoms with Crippen molar-refractivity contribution in [1.29, 1.82) is 0 Å². The Morgan fingerprint density at radius 3 is 2.05 bits per heavy atom. The van der Waals surface area contributed by atoms with Crippen molar-refractivity contribution < 1.29 is 40.3 Å². The molecule has 0 unspecified atom stereocenters. The van der Waals surface area contributed by atoms with Crippen LogP contribution in [0.25, 0.3) is 0 Å².